The van der Waals surface area contributed by atoms with Crippen molar-refractivity contribution in [3.8, 4) is 0 Å². The summed E-state index contributed by atoms with van der Waals surface area (Å²) in [6, 6.07) is 6.66. The molecule has 2 aromatic heterocycles. The molecule has 0 N–H and O–H groups in total. The molecule has 4 nitrogen and oxygen atoms in total. The molecule has 1 atom stereocenters. The van der Waals surface area contributed by atoms with Crippen LogP contribution in [0.25, 0.3) is 0 Å². The minimum atomic E-state index is 0.390. The van der Waals surface area contributed by atoms with E-state index in [0.29, 0.717) is 6.10 Å². The first-order chi connectivity index (χ1) is 12.8. The van der Waals surface area contributed by atoms with Crippen LogP contribution in [-0.4, -0.2) is 47.1 Å². The van der Waals surface area contributed by atoms with Crippen LogP contribution in [0.5, 0.6) is 0 Å². The molecule has 2 aliphatic heterocycles. The number of likely N-dealkylation sites (tertiary alicyclic amines) is 1. The maximum Gasteiger partial charge on any atom is 0.0703 e. The molecule has 5 heteroatoms. The van der Waals surface area contributed by atoms with Gasteiger partial charge >= 0.3 is 0 Å². The zero-order valence-electron chi connectivity index (χ0n) is 15.5. The van der Waals surface area contributed by atoms with Gasteiger partial charge in [-0.25, -0.2) is 0 Å². The minimum Gasteiger partial charge on any atom is -0.377 e. The molecule has 2 aromatic rings. The van der Waals surface area contributed by atoms with Crippen LogP contribution in [0.3, 0.4) is 0 Å². The molecule has 2 fully saturated rings. The summed E-state index contributed by atoms with van der Waals surface area (Å²) in [6.45, 7) is 7.55. The summed E-state index contributed by atoms with van der Waals surface area (Å²) in [6.07, 6.45) is 9.28. The van der Waals surface area contributed by atoms with Gasteiger partial charge in [0.15, 0.2) is 0 Å². The van der Waals surface area contributed by atoms with Crippen LogP contribution in [-0.2, 0) is 24.4 Å². The van der Waals surface area contributed by atoms with Crippen LogP contribution in [0.4, 0.5) is 0 Å². The lowest BCUT2D eigenvalue weighted by atomic mass is 10.2. The van der Waals surface area contributed by atoms with Crippen LogP contribution in [0.1, 0.15) is 41.7 Å². The van der Waals surface area contributed by atoms with Gasteiger partial charge < -0.3 is 4.74 Å². The molecule has 4 heterocycles. The van der Waals surface area contributed by atoms with Gasteiger partial charge in [0.2, 0.25) is 0 Å². The highest BCUT2D eigenvalue weighted by molar-refractivity contribution is 7.10. The van der Waals surface area contributed by atoms with E-state index in [1.54, 1.807) is 0 Å². The monoisotopic (exact) mass is 371 g/mol. The average molecular weight is 372 g/mol. The van der Waals surface area contributed by atoms with Crippen molar-refractivity contribution in [3.05, 3.63) is 52.0 Å². The maximum absolute atomic E-state index is 5.90. The number of hydrogen-bond donors (Lipinski definition) is 0. The van der Waals surface area contributed by atoms with E-state index in [1.165, 1.54) is 54.8 Å². The van der Waals surface area contributed by atoms with Gasteiger partial charge in [-0.15, -0.1) is 11.3 Å². The summed E-state index contributed by atoms with van der Waals surface area (Å²) in [5.74, 6) is 0. The van der Waals surface area contributed by atoms with Gasteiger partial charge in [-0.2, -0.15) is 0 Å². The Kier molecular flexibility index (Phi) is 6.33. The smallest absolute Gasteiger partial charge is 0.0703 e. The highest BCUT2D eigenvalue weighted by Crippen LogP contribution is 2.22. The van der Waals surface area contributed by atoms with E-state index in [1.807, 2.05) is 23.7 Å². The molecular weight excluding hydrogens is 342 g/mol. The van der Waals surface area contributed by atoms with Gasteiger partial charge in [-0.1, -0.05) is 0 Å². The predicted molar refractivity (Wildman–Crippen MR) is 106 cm³/mol. The molecule has 2 saturated heterocycles. The van der Waals surface area contributed by atoms with E-state index in [2.05, 4.69) is 38.4 Å². The lowest BCUT2D eigenvalue weighted by Crippen LogP contribution is -2.31. The standard InChI is InChI=1S/C21H29N3OS/c1-2-10-23(9-1)14-19-12-21(26-17-19)16-24(15-20-4-3-11-25-20)13-18-5-7-22-8-6-18/h5-8,12,17,20H,1-4,9-11,13-16H2. The van der Waals surface area contributed by atoms with E-state index in [4.69, 9.17) is 4.74 Å². The summed E-state index contributed by atoms with van der Waals surface area (Å²) in [5.41, 5.74) is 2.81. The molecule has 0 aromatic carbocycles. The fourth-order valence-corrected chi connectivity index (χ4v) is 4.94. The lowest BCUT2D eigenvalue weighted by molar-refractivity contribution is 0.0682. The Bertz CT molecular complexity index is 663. The van der Waals surface area contributed by atoms with Gasteiger partial charge in [0.05, 0.1) is 6.10 Å². The highest BCUT2D eigenvalue weighted by Gasteiger charge is 2.20. The Morgan fingerprint density at radius 2 is 1.96 bits per heavy atom. The first-order valence-electron chi connectivity index (χ1n) is 9.87. The number of ether oxygens (including phenoxy) is 1. The van der Waals surface area contributed by atoms with Crippen molar-refractivity contribution in [1.82, 2.24) is 14.8 Å². The third-order valence-corrected chi connectivity index (χ3v) is 6.30. The van der Waals surface area contributed by atoms with E-state index < -0.39 is 0 Å². The molecule has 0 bridgehead atoms. The average Bonchev–Trinajstić information content (AvgIpc) is 3.40. The van der Waals surface area contributed by atoms with Crippen molar-refractivity contribution in [3.63, 3.8) is 0 Å². The van der Waals surface area contributed by atoms with E-state index in [0.717, 1.165) is 32.8 Å². The maximum atomic E-state index is 5.90. The summed E-state index contributed by atoms with van der Waals surface area (Å²) in [5, 5.41) is 2.35. The molecule has 0 amide bonds. The molecular formula is C21H29N3OS. The van der Waals surface area contributed by atoms with Crippen LogP contribution < -0.4 is 0 Å². The van der Waals surface area contributed by atoms with Crippen molar-refractivity contribution >= 4 is 11.3 Å². The summed E-state index contributed by atoms with van der Waals surface area (Å²) in [7, 11) is 0. The van der Waals surface area contributed by atoms with Gasteiger partial charge in [0.1, 0.15) is 0 Å². The minimum absolute atomic E-state index is 0.390. The molecule has 26 heavy (non-hydrogen) atoms. The zero-order chi connectivity index (χ0) is 17.6. The SMILES string of the molecule is c1cc(CN(Cc2cc(CN3CCCC3)cs2)CC2CCCO2)ccn1. The Morgan fingerprint density at radius 1 is 1.12 bits per heavy atom. The van der Waals surface area contributed by atoms with Crippen molar-refractivity contribution in [2.75, 3.05) is 26.2 Å². The second kappa shape index (κ2) is 9.09. The van der Waals surface area contributed by atoms with E-state index in [9.17, 15) is 0 Å². The van der Waals surface area contributed by atoms with E-state index >= 15 is 0 Å². The molecule has 140 valence electrons. The van der Waals surface area contributed by atoms with E-state index in [-0.39, 0.29) is 0 Å². The van der Waals surface area contributed by atoms with Gasteiger partial charge in [-0.3, -0.25) is 14.8 Å². The van der Waals surface area contributed by atoms with Crippen LogP contribution in [0, 0.1) is 0 Å². The number of aromatic nitrogens is 1. The molecule has 0 aliphatic carbocycles. The predicted octanol–water partition coefficient (Wildman–Crippen LogP) is 3.92. The molecule has 0 spiro atoms. The van der Waals surface area contributed by atoms with Gasteiger partial charge in [0.25, 0.3) is 0 Å². The third kappa shape index (κ3) is 5.13. The van der Waals surface area contributed by atoms with Crippen LogP contribution >= 0.6 is 11.3 Å². The van der Waals surface area contributed by atoms with Gasteiger partial charge in [0, 0.05) is 50.1 Å². The van der Waals surface area contributed by atoms with Crippen molar-refractivity contribution in [2.45, 2.75) is 51.4 Å². The van der Waals surface area contributed by atoms with Crippen molar-refractivity contribution < 1.29 is 4.74 Å². The Labute approximate surface area is 160 Å². The Morgan fingerprint density at radius 3 is 2.73 bits per heavy atom. The molecule has 0 saturated carbocycles. The fraction of sp³-hybridized carbons (Fsp3) is 0.571. The second-order valence-corrected chi connectivity index (χ2v) is 8.56. The molecule has 0 radical (unpaired) electrons. The summed E-state index contributed by atoms with van der Waals surface area (Å²) < 4.78 is 5.90. The quantitative estimate of drug-likeness (QED) is 0.703. The summed E-state index contributed by atoms with van der Waals surface area (Å²) in [4.78, 5) is 10.7. The lowest BCUT2D eigenvalue weighted by Gasteiger charge is -2.24. The number of rotatable bonds is 8. The fourth-order valence-electron chi connectivity index (χ4n) is 4.02. The topological polar surface area (TPSA) is 28.6 Å². The van der Waals surface area contributed by atoms with Crippen LogP contribution in [0.15, 0.2) is 36.0 Å². The first kappa shape index (κ1) is 18.1. The normalized spacial score (nSPS) is 21.0. The third-order valence-electron chi connectivity index (χ3n) is 5.33. The van der Waals surface area contributed by atoms with Crippen LogP contribution in [0.2, 0.25) is 0 Å². The summed E-state index contributed by atoms with van der Waals surface area (Å²) >= 11 is 1.91. The van der Waals surface area contributed by atoms with Crippen molar-refractivity contribution in [2.24, 2.45) is 0 Å². The van der Waals surface area contributed by atoms with Crippen molar-refractivity contribution in [1.29, 1.82) is 0 Å². The first-order valence-corrected chi connectivity index (χ1v) is 10.7. The molecule has 1 unspecified atom stereocenters. The zero-order valence-corrected chi connectivity index (χ0v) is 16.3. The largest absolute Gasteiger partial charge is 0.377 e. The Balaban J connectivity index is 1.39. The molecule has 4 rings (SSSR count). The van der Waals surface area contributed by atoms with Gasteiger partial charge in [-0.05, 0) is 73.5 Å². The number of hydrogen-bond acceptors (Lipinski definition) is 5. The Hall–Kier alpha value is -1.27. The number of nitrogens with zero attached hydrogens (tertiary/aromatic N) is 3. The highest BCUT2D eigenvalue weighted by atomic mass is 32.1. The molecule has 2 aliphatic rings. The second-order valence-electron chi connectivity index (χ2n) is 7.56. The number of thiophene rings is 1. The number of pyridine rings is 1.